The third-order valence-corrected chi connectivity index (χ3v) is 17.7. The fraction of sp³-hybridized carbons (Fsp3) is 0.500. The number of primary amides is 1. The number of carbonyl (C=O) groups excluding carboxylic acids is 7. The lowest BCUT2D eigenvalue weighted by molar-refractivity contribution is -0.166. The first-order valence-electron chi connectivity index (χ1n) is 28.1. The molecule has 4 aromatic heterocycles. The Bertz CT molecular complexity index is 3790. The molecule has 4 fully saturated rings. The summed E-state index contributed by atoms with van der Waals surface area (Å²) in [4.78, 5) is 133. The van der Waals surface area contributed by atoms with Crippen molar-refractivity contribution >= 4 is 119 Å². The van der Waals surface area contributed by atoms with Crippen molar-refractivity contribution in [2.75, 3.05) is 49.6 Å². The summed E-state index contributed by atoms with van der Waals surface area (Å²) in [6.45, 7) is -6.74. The number of anilines is 3. The van der Waals surface area contributed by atoms with Crippen LogP contribution in [0.3, 0.4) is 0 Å². The summed E-state index contributed by atoms with van der Waals surface area (Å²) in [5.41, 5.74) is 27.6. The average molecular weight is 1360 g/mol. The highest BCUT2D eigenvalue weighted by Crippen LogP contribution is 2.59. The van der Waals surface area contributed by atoms with Crippen LogP contribution in [-0.2, 0) is 84.0 Å². The molecule has 7 amide bonds. The van der Waals surface area contributed by atoms with E-state index in [1.54, 1.807) is 13.8 Å². The Balaban J connectivity index is 0.844. The fourth-order valence-electron chi connectivity index (χ4n) is 10.3. The number of benzene rings is 1. The number of allylic oxidation sites excluding steroid dienone is 1. The van der Waals surface area contributed by atoms with Crippen molar-refractivity contribution in [2.45, 2.75) is 126 Å². The zero-order valence-corrected chi connectivity index (χ0v) is 52.4. The number of nitrogens with zero attached hydrogens (tertiary/aromatic N) is 12. The third-order valence-electron chi connectivity index (χ3n) is 14.5. The number of nitrogens with two attached hydrogens (primary N) is 3. The number of urea groups is 1. The number of hydrogen-bond acceptors (Lipinski definition) is 26. The zero-order valence-electron chi connectivity index (χ0n) is 48.9. The maximum absolute atomic E-state index is 16.6. The second kappa shape index (κ2) is 29.6. The summed E-state index contributed by atoms with van der Waals surface area (Å²) in [5.74, 6) is -3.93. The number of halogens is 1. The number of nitrogen functional groups attached to an aromatic ring is 2. The van der Waals surface area contributed by atoms with Crippen LogP contribution in [0.2, 0.25) is 0 Å². The average Bonchev–Trinajstić information content (AvgIpc) is 1.61. The number of aromatic nitrogens is 8. The first-order valence-corrected chi connectivity index (χ1v) is 33.3. The zero-order chi connectivity index (χ0) is 66.2. The van der Waals surface area contributed by atoms with Gasteiger partial charge in [0.05, 0.1) is 25.9 Å². The van der Waals surface area contributed by atoms with Crippen molar-refractivity contribution in [3.05, 3.63) is 77.2 Å². The van der Waals surface area contributed by atoms with Crippen LogP contribution in [0.4, 0.5) is 31.3 Å². The van der Waals surface area contributed by atoms with Crippen molar-refractivity contribution < 1.29 is 84.5 Å². The normalized spacial score (nSPS) is 26.5. The van der Waals surface area contributed by atoms with Crippen LogP contribution in [-0.4, -0.2) is 184 Å². The summed E-state index contributed by atoms with van der Waals surface area (Å²) in [5, 5.41) is 15.8. The van der Waals surface area contributed by atoms with Crippen molar-refractivity contribution in [3.8, 4) is 0 Å². The molecule has 12 N–H and O–H groups in total. The summed E-state index contributed by atoms with van der Waals surface area (Å²) >= 11 is 9.66. The van der Waals surface area contributed by atoms with E-state index in [0.717, 1.165) is 12.7 Å². The Morgan fingerprint density at radius 2 is 1.55 bits per heavy atom. The molecule has 0 saturated carbocycles. The molecule has 1 aromatic carbocycles. The monoisotopic (exact) mass is 1360 g/mol. The molecule has 14 atom stereocenters. The minimum absolute atomic E-state index is 0.00290. The number of imidazole rings is 2. The number of alkyl halides is 1. The molecule has 0 radical (unpaired) electrons. The Labute approximate surface area is 530 Å². The summed E-state index contributed by atoms with van der Waals surface area (Å²) in [6, 6.07) is 0.238. The molecule has 4 unspecified atom stereocenters. The van der Waals surface area contributed by atoms with E-state index in [4.69, 9.17) is 71.6 Å². The van der Waals surface area contributed by atoms with E-state index in [1.165, 1.54) is 64.0 Å². The van der Waals surface area contributed by atoms with E-state index in [0.29, 0.717) is 17.6 Å². The Morgan fingerprint density at radius 1 is 0.913 bits per heavy atom. The molecule has 37 nitrogen and oxygen atoms in total. The highest BCUT2D eigenvalue weighted by Gasteiger charge is 2.56. The first-order chi connectivity index (χ1) is 43.8. The van der Waals surface area contributed by atoms with Crippen molar-refractivity contribution in [1.29, 1.82) is 0 Å². The lowest BCUT2D eigenvalue weighted by atomic mass is 10.1. The Kier molecular flexibility index (Phi) is 21.9. The van der Waals surface area contributed by atoms with Crippen LogP contribution in [0, 0.1) is 0 Å². The second-order valence-corrected chi connectivity index (χ2v) is 27.0. The van der Waals surface area contributed by atoms with Gasteiger partial charge in [0.25, 0.3) is 0 Å². The van der Waals surface area contributed by atoms with Crippen LogP contribution < -0.4 is 43.8 Å². The van der Waals surface area contributed by atoms with Gasteiger partial charge in [0.2, 0.25) is 23.6 Å². The van der Waals surface area contributed by atoms with Gasteiger partial charge in [-0.25, -0.2) is 53.2 Å². The molecule has 4 aliphatic heterocycles. The fourth-order valence-corrected chi connectivity index (χ4v) is 13.2. The van der Waals surface area contributed by atoms with Gasteiger partial charge in [-0.05, 0) is 81.5 Å². The Hall–Kier alpha value is -8.26. The van der Waals surface area contributed by atoms with E-state index in [-0.39, 0.29) is 78.6 Å². The molecular weight excluding hydrogens is 1300 g/mol. The van der Waals surface area contributed by atoms with Gasteiger partial charge in [0, 0.05) is 23.7 Å². The molecular formula is C50H63FN20O17P2S2. The maximum atomic E-state index is 16.6. The predicted octanol–water partition coefficient (Wildman–Crippen LogP) is 1.89. The van der Waals surface area contributed by atoms with Gasteiger partial charge in [0.15, 0.2) is 47.7 Å². The smallest absolute Gasteiger partial charge is 0.408 e. The molecule has 0 bridgehead atoms. The van der Waals surface area contributed by atoms with Crippen LogP contribution in [0.25, 0.3) is 32.8 Å². The number of hydrogen-bond donors (Lipinski definition) is 10. The van der Waals surface area contributed by atoms with Gasteiger partial charge in [-0.2, -0.15) is 0 Å². The van der Waals surface area contributed by atoms with E-state index in [2.05, 4.69) is 78.8 Å². The number of nitrogens with one attached hydrogen (secondary N) is 5. The summed E-state index contributed by atoms with van der Waals surface area (Å²) < 4.78 is 80.6. The molecule has 0 spiro atoms. The molecule has 9 rings (SSSR count). The first kappa shape index (κ1) is 68.1. The number of thiol groups is 1. The largest absolute Gasteiger partial charge is 0.453 e. The number of alkyl carbamates (subject to hydrolysis) is 1. The standard InChI is InChI=1S/C50H63FN20O17P2S2/c1-23(2)14-28(66-32(72)15-63-68-55)44(74)67-27(6-4-12-56-49(54)77)43(73)65-26-10-8-25(9-11-26)16-81-50(78)64-24(3)45(75)69-13-5-7-29(69)48(76)86-38-37-31(85-47(38)71-22-62-35-40(53)58-20-60-42(35)71)18-83-89(79,91)87-36-30(17-82-90(80,92)88-37)84-46(33(36)51)70-21-61-34-39(52)57-19-59-41(34)70/h8-11,14,19-22,24,27-31,33,36-38,46-47H,4-7,12-13,15-18H2,1-3H3,(H,64,78)(H,65,73)(H,66,72)(H,67,74)(H,79,91)(H,80,92)(H2,52,57,59)(H2,53,58,60)(H3,54,56,77)/t24-,27-,28-,29-,30?,31?,33+,36+,37+,38+,46+,47+,89?,90?/m0/s1. The molecule has 4 saturated heterocycles. The SMILES string of the molecule is CC(C)=C[C@H](NC(=O)CN=[N+]=[N-])C(=O)N[C@@H](CCCNC(N)=O)C(=O)Nc1ccc(COC(=O)N[C@@H](C)C(=O)N2CCC[C@H]2C(=O)O[C@@H]2[C@@H]3OP(O)(=S)OCC4O[C@@H](n5cnc6c(N)ncnc65)[C@H](F)[C@@H]4OP(=O)(S)OCC3O[C@H]2n2cnc3c(N)ncnc32)cc1. The maximum Gasteiger partial charge on any atom is 0.408 e. The second-order valence-electron chi connectivity index (χ2n) is 21.3. The van der Waals surface area contributed by atoms with Crippen LogP contribution >= 0.6 is 25.8 Å². The number of rotatable bonds is 20. The van der Waals surface area contributed by atoms with Crippen LogP contribution in [0.1, 0.15) is 64.5 Å². The van der Waals surface area contributed by atoms with Gasteiger partial charge in [-0.3, -0.25) is 41.9 Å². The van der Waals surface area contributed by atoms with E-state index in [9.17, 15) is 43.0 Å². The van der Waals surface area contributed by atoms with Crippen molar-refractivity contribution in [3.63, 3.8) is 0 Å². The van der Waals surface area contributed by atoms with Crippen LogP contribution in [0.5, 0.6) is 0 Å². The highest BCUT2D eigenvalue weighted by molar-refractivity contribution is 8.44. The van der Waals surface area contributed by atoms with E-state index >= 15 is 4.39 Å². The number of ether oxygens (including phenoxy) is 4. The molecule has 5 aromatic rings. The quantitative estimate of drug-likeness (QED) is 0.00777. The molecule has 4 aliphatic rings. The number of carbonyl (C=O) groups is 7. The molecule has 494 valence electrons. The van der Waals surface area contributed by atoms with E-state index in [1.807, 2.05) is 0 Å². The van der Waals surface area contributed by atoms with Crippen molar-refractivity contribution in [2.24, 2.45) is 10.8 Å². The minimum atomic E-state index is -4.63. The number of fused-ring (bicyclic) bond motifs is 4. The van der Waals surface area contributed by atoms with Gasteiger partial charge in [-0.15, -0.1) is 0 Å². The minimum Gasteiger partial charge on any atom is -0.453 e. The molecule has 8 heterocycles. The third kappa shape index (κ3) is 16.5. The summed E-state index contributed by atoms with van der Waals surface area (Å²) in [7, 11) is 0. The number of likely N-dealkylation sites (tertiary alicyclic amines) is 1. The molecule has 0 aliphatic carbocycles. The predicted molar refractivity (Wildman–Crippen MR) is 324 cm³/mol. The number of esters is 1. The Morgan fingerprint density at radius 3 is 2.21 bits per heavy atom. The van der Waals surface area contributed by atoms with Crippen LogP contribution in [0.15, 0.2) is 66.3 Å². The van der Waals surface area contributed by atoms with Gasteiger partial charge < -0.3 is 77.0 Å². The van der Waals surface area contributed by atoms with Gasteiger partial charge in [-0.1, -0.05) is 41.1 Å². The van der Waals surface area contributed by atoms with E-state index < -0.39 is 148 Å². The van der Waals surface area contributed by atoms with Gasteiger partial charge >= 0.3 is 31.6 Å². The molecule has 42 heteroatoms. The lowest BCUT2D eigenvalue weighted by Crippen LogP contribution is -2.52. The lowest BCUT2D eigenvalue weighted by Gasteiger charge is -2.32. The summed E-state index contributed by atoms with van der Waals surface area (Å²) in [6.07, 6.45) is -7.44. The highest BCUT2D eigenvalue weighted by atomic mass is 32.7. The topological polar surface area (TPSA) is 508 Å². The number of azide groups is 1. The molecule has 92 heavy (non-hydrogen) atoms. The van der Waals surface area contributed by atoms with Crippen molar-refractivity contribution in [1.82, 2.24) is 65.2 Å². The van der Waals surface area contributed by atoms with Gasteiger partial charge in [0.1, 0.15) is 85.4 Å². The number of amides is 7.